The molecule has 168 valence electrons. The van der Waals surface area contributed by atoms with Gasteiger partial charge in [0.15, 0.2) is 0 Å². The summed E-state index contributed by atoms with van der Waals surface area (Å²) in [5.74, 6) is -2.75. The Morgan fingerprint density at radius 1 is 1.19 bits per heavy atom. The van der Waals surface area contributed by atoms with Gasteiger partial charge < -0.3 is 14.8 Å². The number of rotatable bonds is 8. The Morgan fingerprint density at radius 2 is 1.87 bits per heavy atom. The van der Waals surface area contributed by atoms with Gasteiger partial charge in [-0.1, -0.05) is 11.8 Å². The van der Waals surface area contributed by atoms with Crippen molar-refractivity contribution in [3.8, 4) is 5.75 Å². The maximum Gasteiger partial charge on any atom is 0.288 e. The Bertz CT molecular complexity index is 1010. The Balaban J connectivity index is 1.84. The molecule has 0 saturated carbocycles. The first-order valence-electron chi connectivity index (χ1n) is 9.52. The van der Waals surface area contributed by atoms with Crippen LogP contribution in [0.1, 0.15) is 17.3 Å². The second-order valence-electron chi connectivity index (χ2n) is 6.46. The minimum absolute atomic E-state index is 0.0248. The largest absolute Gasteiger partial charge is 0.492 e. The molecular formula is C20H22F2N2O5S2. The number of carbonyl (C=O) groups excluding carboxylic acids is 1. The van der Waals surface area contributed by atoms with Gasteiger partial charge in [0.1, 0.15) is 5.75 Å². The van der Waals surface area contributed by atoms with E-state index >= 15 is 0 Å². The minimum Gasteiger partial charge on any atom is -0.492 e. The number of anilines is 1. The van der Waals surface area contributed by atoms with Crippen LogP contribution >= 0.6 is 11.8 Å². The van der Waals surface area contributed by atoms with Crippen LogP contribution in [0.2, 0.25) is 0 Å². The molecule has 2 aromatic rings. The molecule has 31 heavy (non-hydrogen) atoms. The number of ether oxygens (including phenoxy) is 2. The van der Waals surface area contributed by atoms with Crippen LogP contribution in [0.4, 0.5) is 14.5 Å². The number of amides is 1. The summed E-state index contributed by atoms with van der Waals surface area (Å²) >= 11 is 0.385. The van der Waals surface area contributed by atoms with Crippen molar-refractivity contribution in [1.29, 1.82) is 0 Å². The second kappa shape index (κ2) is 10.4. The third-order valence-corrected chi connectivity index (χ3v) is 7.07. The zero-order valence-corrected chi connectivity index (χ0v) is 18.3. The predicted octanol–water partition coefficient (Wildman–Crippen LogP) is 3.67. The predicted molar refractivity (Wildman–Crippen MR) is 113 cm³/mol. The van der Waals surface area contributed by atoms with Crippen molar-refractivity contribution < 1.29 is 31.5 Å². The smallest absolute Gasteiger partial charge is 0.288 e. The molecule has 0 aromatic heterocycles. The first-order valence-corrected chi connectivity index (χ1v) is 11.8. The normalized spacial score (nSPS) is 15.1. The Kier molecular flexibility index (Phi) is 7.87. The van der Waals surface area contributed by atoms with E-state index in [0.717, 1.165) is 0 Å². The van der Waals surface area contributed by atoms with E-state index in [1.807, 2.05) is 0 Å². The van der Waals surface area contributed by atoms with Crippen molar-refractivity contribution in [3.63, 3.8) is 0 Å². The average molecular weight is 473 g/mol. The van der Waals surface area contributed by atoms with Crippen molar-refractivity contribution in [1.82, 2.24) is 4.31 Å². The minimum atomic E-state index is -3.76. The molecule has 11 heteroatoms. The molecule has 0 atom stereocenters. The zero-order valence-electron chi connectivity index (χ0n) is 16.7. The molecule has 3 rings (SSSR count). The highest BCUT2D eigenvalue weighted by Gasteiger charge is 2.27. The summed E-state index contributed by atoms with van der Waals surface area (Å²) in [6, 6.07) is 9.98. The van der Waals surface area contributed by atoms with Gasteiger partial charge in [0.25, 0.3) is 11.7 Å². The van der Waals surface area contributed by atoms with Crippen molar-refractivity contribution in [2.75, 3.05) is 38.2 Å². The molecule has 0 bridgehead atoms. The van der Waals surface area contributed by atoms with Gasteiger partial charge in [0, 0.05) is 23.5 Å². The lowest BCUT2D eigenvalue weighted by Gasteiger charge is -2.26. The number of nitrogens with zero attached hydrogens (tertiary/aromatic N) is 1. The lowest BCUT2D eigenvalue weighted by atomic mass is 10.2. The topological polar surface area (TPSA) is 84.9 Å². The molecule has 1 N–H and O–H groups in total. The molecule has 1 saturated heterocycles. The van der Waals surface area contributed by atoms with Crippen LogP contribution in [0.15, 0.2) is 52.3 Å². The van der Waals surface area contributed by atoms with E-state index in [1.165, 1.54) is 46.8 Å². The highest BCUT2D eigenvalue weighted by Crippen LogP contribution is 2.30. The number of carbonyl (C=O) groups is 1. The first-order chi connectivity index (χ1) is 14.8. The number of hydrogen-bond acceptors (Lipinski definition) is 6. The highest BCUT2D eigenvalue weighted by atomic mass is 32.2. The summed E-state index contributed by atoms with van der Waals surface area (Å²) in [4.78, 5) is 13.0. The van der Waals surface area contributed by atoms with Crippen LogP contribution in [0.25, 0.3) is 0 Å². The lowest BCUT2D eigenvalue weighted by Crippen LogP contribution is -2.40. The van der Waals surface area contributed by atoms with Crippen LogP contribution in [0.3, 0.4) is 0 Å². The Hall–Kier alpha value is -2.21. The number of sulfonamides is 1. The molecule has 1 fully saturated rings. The highest BCUT2D eigenvalue weighted by molar-refractivity contribution is 7.99. The third kappa shape index (κ3) is 5.94. The number of thioether (sulfide) groups is 1. The monoisotopic (exact) mass is 472 g/mol. The van der Waals surface area contributed by atoms with Crippen LogP contribution in [0.5, 0.6) is 5.75 Å². The Morgan fingerprint density at radius 3 is 2.48 bits per heavy atom. The maximum atomic E-state index is 12.9. The van der Waals surface area contributed by atoms with Gasteiger partial charge in [-0.2, -0.15) is 13.1 Å². The molecular weight excluding hydrogens is 450 g/mol. The fourth-order valence-corrected chi connectivity index (χ4v) is 4.90. The van der Waals surface area contributed by atoms with E-state index < -0.39 is 21.7 Å². The van der Waals surface area contributed by atoms with Crippen LogP contribution in [-0.4, -0.2) is 57.3 Å². The van der Waals surface area contributed by atoms with Gasteiger partial charge in [0.2, 0.25) is 10.0 Å². The van der Waals surface area contributed by atoms with Crippen LogP contribution in [0, 0.1) is 0 Å². The van der Waals surface area contributed by atoms with Gasteiger partial charge in [-0.25, -0.2) is 8.42 Å². The van der Waals surface area contributed by atoms with Crippen LogP contribution < -0.4 is 10.1 Å². The Labute approximate surface area is 183 Å². The summed E-state index contributed by atoms with van der Waals surface area (Å²) in [7, 11) is -3.76. The zero-order chi connectivity index (χ0) is 22.4. The van der Waals surface area contributed by atoms with Crippen LogP contribution in [-0.2, 0) is 14.8 Å². The maximum absolute atomic E-state index is 12.9. The molecule has 0 unspecified atom stereocenters. The summed E-state index contributed by atoms with van der Waals surface area (Å²) in [6.45, 7) is 3.22. The molecule has 1 aliphatic heterocycles. The summed E-state index contributed by atoms with van der Waals surface area (Å²) < 4.78 is 62.9. The van der Waals surface area contributed by atoms with E-state index in [2.05, 4.69) is 5.32 Å². The van der Waals surface area contributed by atoms with Gasteiger partial charge in [-0.05, 0) is 49.4 Å². The number of halogens is 2. The van der Waals surface area contributed by atoms with E-state index in [9.17, 15) is 22.0 Å². The number of alkyl halides is 2. The van der Waals surface area contributed by atoms with Gasteiger partial charge in [-0.15, -0.1) is 0 Å². The molecule has 0 radical (unpaired) electrons. The SMILES string of the molecule is CCOc1ccc(S(=O)(=O)N2CCOCC2)cc1NC(=O)c1ccc(SC(F)F)cc1. The van der Waals surface area contributed by atoms with Crippen molar-refractivity contribution in [3.05, 3.63) is 48.0 Å². The number of benzene rings is 2. The van der Waals surface area contributed by atoms with Crippen molar-refractivity contribution in [2.24, 2.45) is 0 Å². The fraction of sp³-hybridized carbons (Fsp3) is 0.350. The quantitative estimate of drug-likeness (QED) is 0.590. The molecule has 2 aromatic carbocycles. The van der Waals surface area contributed by atoms with Crippen molar-refractivity contribution in [2.45, 2.75) is 22.5 Å². The molecule has 1 heterocycles. The summed E-state index contributed by atoms with van der Waals surface area (Å²) in [5, 5.41) is 2.66. The summed E-state index contributed by atoms with van der Waals surface area (Å²) in [5.41, 5.74) is 0.440. The summed E-state index contributed by atoms with van der Waals surface area (Å²) in [6.07, 6.45) is 0. The standard InChI is InChI=1S/C20H22F2N2O5S2/c1-2-29-18-8-7-16(31(26,27)24-9-11-28-12-10-24)13-17(18)23-19(25)14-3-5-15(6-4-14)30-20(21)22/h3-8,13,20H,2,9-12H2,1H3,(H,23,25). The molecule has 1 aliphatic rings. The average Bonchev–Trinajstić information content (AvgIpc) is 2.75. The lowest BCUT2D eigenvalue weighted by molar-refractivity contribution is 0.0730. The van der Waals surface area contributed by atoms with E-state index in [-0.39, 0.29) is 29.2 Å². The van der Waals surface area contributed by atoms with E-state index in [0.29, 0.717) is 42.2 Å². The molecule has 0 spiro atoms. The third-order valence-electron chi connectivity index (χ3n) is 4.45. The number of hydrogen-bond donors (Lipinski definition) is 1. The van der Waals surface area contributed by atoms with E-state index in [4.69, 9.17) is 9.47 Å². The molecule has 7 nitrogen and oxygen atoms in total. The van der Waals surface area contributed by atoms with Gasteiger partial charge >= 0.3 is 0 Å². The first kappa shape index (κ1) is 23.5. The fourth-order valence-electron chi connectivity index (χ4n) is 2.97. The molecule has 1 amide bonds. The second-order valence-corrected chi connectivity index (χ2v) is 9.47. The molecule has 0 aliphatic carbocycles. The van der Waals surface area contributed by atoms with E-state index in [1.54, 1.807) is 6.92 Å². The van der Waals surface area contributed by atoms with Crippen molar-refractivity contribution >= 4 is 33.4 Å². The number of nitrogens with one attached hydrogen (secondary N) is 1. The van der Waals surface area contributed by atoms with Gasteiger partial charge in [0.05, 0.1) is 30.4 Å². The van der Waals surface area contributed by atoms with Gasteiger partial charge in [-0.3, -0.25) is 4.79 Å². The number of morpholine rings is 1.